The van der Waals surface area contributed by atoms with Gasteiger partial charge >= 0.3 is 5.97 Å². The van der Waals surface area contributed by atoms with Crippen LogP contribution < -0.4 is 10.6 Å². The van der Waals surface area contributed by atoms with Gasteiger partial charge in [0.2, 0.25) is 5.95 Å². The van der Waals surface area contributed by atoms with E-state index in [2.05, 4.69) is 32.7 Å². The van der Waals surface area contributed by atoms with Crippen LogP contribution in [0.5, 0.6) is 0 Å². The fraction of sp³-hybridized carbons (Fsp3) is 0.0870. The summed E-state index contributed by atoms with van der Waals surface area (Å²) in [6, 6.07) is 24.6. The number of anilines is 3. The number of rotatable bonds is 7. The molecule has 0 fully saturated rings. The molecule has 3 N–H and O–H groups in total. The van der Waals surface area contributed by atoms with Crippen LogP contribution in [0, 0.1) is 0 Å². The van der Waals surface area contributed by atoms with E-state index in [0.717, 1.165) is 29.7 Å². The first kappa shape index (κ1) is 18.4. The average molecular weight is 384 g/mol. The maximum absolute atomic E-state index is 11.2. The number of fused-ring (bicyclic) bond motifs is 1. The van der Waals surface area contributed by atoms with Crippen molar-refractivity contribution in [3.05, 3.63) is 90.0 Å². The topological polar surface area (TPSA) is 87.1 Å². The van der Waals surface area contributed by atoms with Gasteiger partial charge in [-0.2, -0.15) is 4.98 Å². The Morgan fingerprint density at radius 2 is 1.69 bits per heavy atom. The van der Waals surface area contributed by atoms with Gasteiger partial charge in [0.15, 0.2) is 0 Å². The number of carboxylic acids is 1. The molecule has 0 bridgehead atoms. The van der Waals surface area contributed by atoms with Crippen molar-refractivity contribution in [3.63, 3.8) is 0 Å². The third-order valence-electron chi connectivity index (χ3n) is 4.52. The number of para-hydroxylation sites is 1. The smallest absolute Gasteiger partial charge is 0.335 e. The molecule has 0 aliphatic rings. The molecule has 3 aromatic carbocycles. The van der Waals surface area contributed by atoms with Crippen molar-refractivity contribution in [1.82, 2.24) is 9.97 Å². The second-order valence-corrected chi connectivity index (χ2v) is 6.59. The Bertz CT molecular complexity index is 1150. The highest BCUT2D eigenvalue weighted by molar-refractivity contribution is 5.91. The Morgan fingerprint density at radius 1 is 0.897 bits per heavy atom. The molecule has 4 aromatic rings. The first-order chi connectivity index (χ1) is 14.2. The maximum atomic E-state index is 11.2. The van der Waals surface area contributed by atoms with E-state index in [9.17, 15) is 9.90 Å². The highest BCUT2D eigenvalue weighted by Gasteiger charge is 2.09. The predicted molar refractivity (Wildman–Crippen MR) is 115 cm³/mol. The molecule has 6 nitrogen and oxygen atoms in total. The zero-order valence-corrected chi connectivity index (χ0v) is 15.7. The van der Waals surface area contributed by atoms with E-state index in [1.807, 2.05) is 42.5 Å². The lowest BCUT2D eigenvalue weighted by Crippen LogP contribution is -2.09. The number of aromatic nitrogens is 2. The van der Waals surface area contributed by atoms with Crippen LogP contribution in [0.1, 0.15) is 15.9 Å². The number of hydrogen-bond donors (Lipinski definition) is 3. The van der Waals surface area contributed by atoms with Crippen molar-refractivity contribution in [2.75, 3.05) is 17.2 Å². The van der Waals surface area contributed by atoms with E-state index >= 15 is 0 Å². The summed E-state index contributed by atoms with van der Waals surface area (Å²) in [6.07, 6.45) is 0.878. The van der Waals surface area contributed by atoms with Crippen LogP contribution >= 0.6 is 0 Å². The molecule has 144 valence electrons. The molecule has 0 amide bonds. The fourth-order valence-corrected chi connectivity index (χ4v) is 3.10. The molecule has 0 aliphatic carbocycles. The highest BCUT2D eigenvalue weighted by atomic mass is 16.4. The lowest BCUT2D eigenvalue weighted by atomic mass is 10.1. The van der Waals surface area contributed by atoms with E-state index < -0.39 is 5.97 Å². The Labute approximate surface area is 168 Å². The number of carbonyl (C=O) groups is 1. The van der Waals surface area contributed by atoms with Crippen molar-refractivity contribution in [2.45, 2.75) is 6.42 Å². The summed E-state index contributed by atoms with van der Waals surface area (Å²) in [5.74, 6) is 0.174. The summed E-state index contributed by atoms with van der Waals surface area (Å²) in [7, 11) is 0. The van der Waals surface area contributed by atoms with E-state index in [1.54, 1.807) is 24.3 Å². The molecule has 4 rings (SSSR count). The molecule has 1 aromatic heterocycles. The van der Waals surface area contributed by atoms with Gasteiger partial charge in [-0.1, -0.05) is 48.5 Å². The van der Waals surface area contributed by atoms with Crippen molar-refractivity contribution in [3.8, 4) is 0 Å². The summed E-state index contributed by atoms with van der Waals surface area (Å²) >= 11 is 0. The van der Waals surface area contributed by atoms with Crippen LogP contribution in [0.4, 0.5) is 17.5 Å². The summed E-state index contributed by atoms with van der Waals surface area (Å²) in [6.45, 7) is 0.735. The van der Waals surface area contributed by atoms with Crippen LogP contribution in [0.2, 0.25) is 0 Å². The average Bonchev–Trinajstić information content (AvgIpc) is 2.74. The second-order valence-electron chi connectivity index (χ2n) is 6.59. The Morgan fingerprint density at radius 3 is 2.52 bits per heavy atom. The van der Waals surface area contributed by atoms with Crippen LogP contribution in [0.3, 0.4) is 0 Å². The van der Waals surface area contributed by atoms with Gasteiger partial charge in [-0.3, -0.25) is 0 Å². The van der Waals surface area contributed by atoms with E-state index in [1.165, 1.54) is 5.56 Å². The largest absolute Gasteiger partial charge is 0.478 e. The number of carboxylic acid groups (broad SMARTS) is 1. The standard InChI is InChI=1S/C23H20N4O2/c28-22(29)17-9-6-10-18(15-17)25-23-26-20-12-5-4-11-19(20)21(27-23)24-14-13-16-7-2-1-3-8-16/h1-12,15H,13-14H2,(H,28,29)(H2,24,25,26,27). The zero-order chi connectivity index (χ0) is 20.1. The van der Waals surface area contributed by atoms with E-state index in [-0.39, 0.29) is 5.56 Å². The summed E-state index contributed by atoms with van der Waals surface area (Å²) in [5.41, 5.74) is 2.89. The van der Waals surface area contributed by atoms with Crippen LogP contribution in [-0.4, -0.2) is 27.6 Å². The SMILES string of the molecule is O=C(O)c1cccc(Nc2nc(NCCc3ccccc3)c3ccccc3n2)c1. The Kier molecular flexibility index (Phi) is 5.33. The van der Waals surface area contributed by atoms with Crippen molar-refractivity contribution in [1.29, 1.82) is 0 Å². The molecule has 0 radical (unpaired) electrons. The molecule has 0 unspecified atom stereocenters. The van der Waals surface area contributed by atoms with Crippen LogP contribution in [-0.2, 0) is 6.42 Å². The van der Waals surface area contributed by atoms with Crippen molar-refractivity contribution < 1.29 is 9.90 Å². The van der Waals surface area contributed by atoms with Gasteiger partial charge in [0.1, 0.15) is 5.82 Å². The van der Waals surface area contributed by atoms with Gasteiger partial charge in [0, 0.05) is 17.6 Å². The summed E-state index contributed by atoms with van der Waals surface area (Å²) in [4.78, 5) is 20.4. The predicted octanol–water partition coefficient (Wildman–Crippen LogP) is 4.73. The molecule has 0 saturated heterocycles. The first-order valence-corrected chi connectivity index (χ1v) is 9.34. The Balaban J connectivity index is 1.58. The van der Waals surface area contributed by atoms with Gasteiger partial charge in [0.25, 0.3) is 0 Å². The minimum atomic E-state index is -0.976. The summed E-state index contributed by atoms with van der Waals surface area (Å²) < 4.78 is 0. The van der Waals surface area contributed by atoms with Crippen LogP contribution in [0.15, 0.2) is 78.9 Å². The molecular weight excluding hydrogens is 364 g/mol. The van der Waals surface area contributed by atoms with Crippen molar-refractivity contribution >= 4 is 34.3 Å². The second kappa shape index (κ2) is 8.39. The zero-order valence-electron chi connectivity index (χ0n) is 15.7. The molecule has 0 atom stereocenters. The van der Waals surface area contributed by atoms with Gasteiger partial charge in [-0.25, -0.2) is 9.78 Å². The minimum absolute atomic E-state index is 0.206. The molecular formula is C23H20N4O2. The van der Waals surface area contributed by atoms with E-state index in [4.69, 9.17) is 0 Å². The molecule has 1 heterocycles. The lowest BCUT2D eigenvalue weighted by molar-refractivity contribution is 0.0697. The number of nitrogens with zero attached hydrogens (tertiary/aromatic N) is 2. The molecule has 6 heteroatoms. The van der Waals surface area contributed by atoms with Gasteiger partial charge < -0.3 is 15.7 Å². The van der Waals surface area contributed by atoms with Gasteiger partial charge in [-0.05, 0) is 42.3 Å². The Hall–Kier alpha value is -3.93. The first-order valence-electron chi connectivity index (χ1n) is 9.34. The van der Waals surface area contributed by atoms with Gasteiger partial charge in [0.05, 0.1) is 11.1 Å². The fourth-order valence-electron chi connectivity index (χ4n) is 3.10. The quantitative estimate of drug-likeness (QED) is 0.427. The monoisotopic (exact) mass is 384 g/mol. The number of benzene rings is 3. The summed E-state index contributed by atoms with van der Waals surface area (Å²) in [5, 5.41) is 16.6. The molecule has 0 aliphatic heterocycles. The van der Waals surface area contributed by atoms with E-state index in [0.29, 0.717) is 11.6 Å². The van der Waals surface area contributed by atoms with Gasteiger partial charge in [-0.15, -0.1) is 0 Å². The number of aromatic carboxylic acids is 1. The molecule has 29 heavy (non-hydrogen) atoms. The third-order valence-corrected chi connectivity index (χ3v) is 4.52. The highest BCUT2D eigenvalue weighted by Crippen LogP contribution is 2.24. The maximum Gasteiger partial charge on any atom is 0.335 e. The number of hydrogen-bond acceptors (Lipinski definition) is 5. The van der Waals surface area contributed by atoms with Crippen LogP contribution in [0.25, 0.3) is 10.9 Å². The van der Waals surface area contributed by atoms with Crippen molar-refractivity contribution in [2.24, 2.45) is 0 Å². The third kappa shape index (κ3) is 4.50. The molecule has 0 saturated carbocycles. The number of nitrogens with one attached hydrogen (secondary N) is 2. The lowest BCUT2D eigenvalue weighted by Gasteiger charge is -2.12. The normalized spacial score (nSPS) is 10.6. The molecule has 0 spiro atoms. The minimum Gasteiger partial charge on any atom is -0.478 e.